The Balaban J connectivity index is 1.68. The van der Waals surface area contributed by atoms with E-state index < -0.39 is 9.84 Å². The quantitative estimate of drug-likeness (QED) is 0.704. The number of hydrogen-bond donors (Lipinski definition) is 1. The third-order valence-corrected chi connectivity index (χ3v) is 7.29. The second-order valence-electron chi connectivity index (χ2n) is 7.87. The van der Waals surface area contributed by atoms with E-state index in [1.54, 1.807) is 12.1 Å². The molecule has 0 heterocycles. The van der Waals surface area contributed by atoms with Crippen LogP contribution in [0.15, 0.2) is 53.4 Å². The molecule has 0 radical (unpaired) electrons. The van der Waals surface area contributed by atoms with Crippen LogP contribution in [0.2, 0.25) is 5.02 Å². The van der Waals surface area contributed by atoms with E-state index in [4.69, 9.17) is 17.3 Å². The summed E-state index contributed by atoms with van der Waals surface area (Å²) in [6.45, 7) is 0.560. The predicted octanol–water partition coefficient (Wildman–Crippen LogP) is 4.40. The molecule has 0 atom stereocenters. The highest BCUT2D eigenvalue weighted by Gasteiger charge is 2.36. The summed E-state index contributed by atoms with van der Waals surface area (Å²) in [4.78, 5) is 12.9. The van der Waals surface area contributed by atoms with Crippen LogP contribution >= 0.6 is 11.6 Å². The molecule has 28 heavy (non-hydrogen) atoms. The summed E-state index contributed by atoms with van der Waals surface area (Å²) in [7, 11) is -3.32. The van der Waals surface area contributed by atoms with Crippen molar-refractivity contribution in [2.45, 2.75) is 42.4 Å². The number of carbonyl (C=O) groups excluding carboxylic acids is 1. The Morgan fingerprint density at radius 3 is 2.43 bits per heavy atom. The molecule has 0 spiro atoms. The van der Waals surface area contributed by atoms with Crippen LogP contribution < -0.4 is 5.73 Å². The van der Waals surface area contributed by atoms with Gasteiger partial charge in [0.25, 0.3) is 0 Å². The van der Waals surface area contributed by atoms with Crippen molar-refractivity contribution < 1.29 is 13.2 Å². The van der Waals surface area contributed by atoms with Gasteiger partial charge in [0.15, 0.2) is 15.6 Å². The van der Waals surface area contributed by atoms with Crippen LogP contribution in [-0.2, 0) is 15.3 Å². The second-order valence-corrected chi connectivity index (χ2v) is 10.3. The highest BCUT2D eigenvalue weighted by molar-refractivity contribution is 7.90. The number of benzene rings is 2. The van der Waals surface area contributed by atoms with Gasteiger partial charge >= 0.3 is 0 Å². The number of rotatable bonds is 6. The van der Waals surface area contributed by atoms with Crippen LogP contribution in [0.3, 0.4) is 0 Å². The zero-order valence-corrected chi connectivity index (χ0v) is 17.6. The minimum atomic E-state index is -3.32. The van der Waals surface area contributed by atoms with Gasteiger partial charge in [0.2, 0.25) is 0 Å². The number of sulfone groups is 1. The molecule has 2 N–H and O–H groups in total. The third-order valence-electron chi connectivity index (χ3n) is 5.95. The maximum absolute atomic E-state index is 12.7. The van der Waals surface area contributed by atoms with Gasteiger partial charge in [-0.2, -0.15) is 0 Å². The largest absolute Gasteiger partial charge is 0.330 e. The molecule has 150 valence electrons. The molecule has 1 aliphatic carbocycles. The van der Waals surface area contributed by atoms with Gasteiger partial charge in [-0.25, -0.2) is 8.42 Å². The molecule has 6 heteroatoms. The first kappa shape index (κ1) is 21.0. The van der Waals surface area contributed by atoms with Crippen LogP contribution in [0.4, 0.5) is 0 Å². The second kappa shape index (κ2) is 8.36. The molecule has 4 nitrogen and oxygen atoms in total. The van der Waals surface area contributed by atoms with Crippen molar-refractivity contribution in [2.24, 2.45) is 11.7 Å². The van der Waals surface area contributed by atoms with Gasteiger partial charge < -0.3 is 5.73 Å². The molecule has 1 fully saturated rings. The first-order valence-corrected chi connectivity index (χ1v) is 11.8. The standard InChI is InChI=1S/C22H26ClNO3S/c1-28(26,27)20-7-2-4-17(13-20)21(25)12-16-8-10-22(15-24,11-9-16)18-5-3-6-19(23)14-18/h2-7,13-14,16H,8-12,15,24H2,1H3. The molecular weight excluding hydrogens is 394 g/mol. The average Bonchev–Trinajstić information content (AvgIpc) is 2.68. The van der Waals surface area contributed by atoms with Crippen molar-refractivity contribution in [1.82, 2.24) is 0 Å². The summed E-state index contributed by atoms with van der Waals surface area (Å²) in [6, 6.07) is 14.2. The summed E-state index contributed by atoms with van der Waals surface area (Å²) in [5, 5.41) is 0.716. The number of hydrogen-bond acceptors (Lipinski definition) is 4. The number of Topliss-reactive ketones (excluding diaryl/α,β-unsaturated/α-hetero) is 1. The fraction of sp³-hybridized carbons (Fsp3) is 0.409. The molecule has 0 saturated heterocycles. The lowest BCUT2D eigenvalue weighted by Gasteiger charge is -2.40. The van der Waals surface area contributed by atoms with Crippen LogP contribution in [0.1, 0.15) is 48.0 Å². The van der Waals surface area contributed by atoms with Gasteiger partial charge in [-0.1, -0.05) is 35.9 Å². The maximum Gasteiger partial charge on any atom is 0.175 e. The minimum Gasteiger partial charge on any atom is -0.330 e. The van der Waals surface area contributed by atoms with Crippen molar-refractivity contribution in [1.29, 1.82) is 0 Å². The smallest absolute Gasteiger partial charge is 0.175 e. The Labute approximate surface area is 172 Å². The lowest BCUT2D eigenvalue weighted by atomic mass is 9.66. The third kappa shape index (κ3) is 4.65. The summed E-state index contributed by atoms with van der Waals surface area (Å²) >= 11 is 6.16. The SMILES string of the molecule is CS(=O)(=O)c1cccc(C(=O)CC2CCC(CN)(c3cccc(Cl)c3)CC2)c1. The summed E-state index contributed by atoms with van der Waals surface area (Å²) in [5.74, 6) is 0.284. The van der Waals surface area contributed by atoms with E-state index in [2.05, 4.69) is 6.07 Å². The van der Waals surface area contributed by atoms with E-state index in [1.807, 2.05) is 18.2 Å². The zero-order chi connectivity index (χ0) is 20.4. The predicted molar refractivity (Wildman–Crippen MR) is 113 cm³/mol. The van der Waals surface area contributed by atoms with Crippen LogP contribution in [0.25, 0.3) is 0 Å². The Bertz CT molecular complexity index is 963. The van der Waals surface area contributed by atoms with Crippen molar-refractivity contribution >= 4 is 27.2 Å². The van der Waals surface area contributed by atoms with E-state index in [0.29, 0.717) is 23.6 Å². The minimum absolute atomic E-state index is 0.00139. The lowest BCUT2D eigenvalue weighted by molar-refractivity contribution is 0.0937. The van der Waals surface area contributed by atoms with Gasteiger partial charge in [0.1, 0.15) is 0 Å². The Morgan fingerprint density at radius 2 is 1.82 bits per heavy atom. The molecule has 0 aliphatic heterocycles. The molecule has 3 rings (SSSR count). The fourth-order valence-electron chi connectivity index (χ4n) is 4.14. The van der Waals surface area contributed by atoms with Gasteiger partial charge in [0, 0.05) is 35.2 Å². The van der Waals surface area contributed by atoms with Crippen molar-refractivity contribution in [3.8, 4) is 0 Å². The van der Waals surface area contributed by atoms with E-state index in [-0.39, 0.29) is 22.0 Å². The van der Waals surface area contributed by atoms with E-state index >= 15 is 0 Å². The highest BCUT2D eigenvalue weighted by atomic mass is 35.5. The van der Waals surface area contributed by atoms with Gasteiger partial charge in [-0.3, -0.25) is 4.79 Å². The number of nitrogens with two attached hydrogens (primary N) is 1. The van der Waals surface area contributed by atoms with Gasteiger partial charge in [0.05, 0.1) is 4.90 Å². The monoisotopic (exact) mass is 419 g/mol. The first-order chi connectivity index (χ1) is 13.2. The van der Waals surface area contributed by atoms with Crippen molar-refractivity contribution in [2.75, 3.05) is 12.8 Å². The molecule has 0 amide bonds. The van der Waals surface area contributed by atoms with Crippen LogP contribution in [0, 0.1) is 5.92 Å². The number of carbonyl (C=O) groups is 1. The zero-order valence-electron chi connectivity index (χ0n) is 16.0. The van der Waals surface area contributed by atoms with Crippen molar-refractivity contribution in [3.05, 3.63) is 64.7 Å². The van der Waals surface area contributed by atoms with Crippen molar-refractivity contribution in [3.63, 3.8) is 0 Å². The summed E-state index contributed by atoms with van der Waals surface area (Å²) in [5.41, 5.74) is 7.71. The van der Waals surface area contributed by atoms with E-state index in [1.165, 1.54) is 17.7 Å². The molecule has 1 aliphatic rings. The molecule has 2 aromatic carbocycles. The Kier molecular flexibility index (Phi) is 6.28. The molecule has 0 unspecified atom stereocenters. The summed E-state index contributed by atoms with van der Waals surface area (Å²) in [6.07, 6.45) is 5.27. The van der Waals surface area contributed by atoms with Crippen LogP contribution in [0.5, 0.6) is 0 Å². The maximum atomic E-state index is 12.7. The van der Waals surface area contributed by atoms with Gasteiger partial charge in [-0.05, 0) is 61.4 Å². The topological polar surface area (TPSA) is 77.2 Å². The average molecular weight is 420 g/mol. The van der Waals surface area contributed by atoms with E-state index in [9.17, 15) is 13.2 Å². The number of halogens is 1. The molecule has 1 saturated carbocycles. The summed E-state index contributed by atoms with van der Waals surface area (Å²) < 4.78 is 23.5. The molecule has 2 aromatic rings. The lowest BCUT2D eigenvalue weighted by Crippen LogP contribution is -2.39. The van der Waals surface area contributed by atoms with E-state index in [0.717, 1.165) is 31.9 Å². The Hall–Kier alpha value is -1.69. The van der Waals surface area contributed by atoms with Gasteiger partial charge in [-0.15, -0.1) is 0 Å². The van der Waals surface area contributed by atoms with Crippen LogP contribution in [-0.4, -0.2) is 27.0 Å². The highest BCUT2D eigenvalue weighted by Crippen LogP contribution is 2.42. The normalized spacial score (nSPS) is 22.8. The molecular formula is C22H26ClNO3S. The Morgan fingerprint density at radius 1 is 1.14 bits per heavy atom. The first-order valence-electron chi connectivity index (χ1n) is 9.53. The number of ketones is 1. The molecule has 0 bridgehead atoms. The molecule has 0 aromatic heterocycles. The fourth-order valence-corrected chi connectivity index (χ4v) is 5.00.